The summed E-state index contributed by atoms with van der Waals surface area (Å²) in [5, 5.41) is 7.14. The molecule has 0 bridgehead atoms. The molecule has 2 unspecified atom stereocenters. The minimum atomic E-state index is -2.79. The van der Waals surface area contributed by atoms with Gasteiger partial charge in [-0.2, -0.15) is 0 Å². The lowest BCUT2D eigenvalue weighted by molar-refractivity contribution is -0.136. The minimum absolute atomic E-state index is 0.00548. The number of hydrogen-bond acceptors (Lipinski definition) is 2. The van der Waals surface area contributed by atoms with Crippen molar-refractivity contribution in [2.75, 3.05) is 6.61 Å². The van der Waals surface area contributed by atoms with E-state index >= 15 is 0 Å². The lowest BCUT2D eigenvalue weighted by Crippen LogP contribution is -2.12. The van der Waals surface area contributed by atoms with Crippen molar-refractivity contribution >= 4 is 15.2 Å². The molecule has 2 aromatic carbocycles. The normalized spacial score (nSPS) is 17.5. The highest BCUT2D eigenvalue weighted by molar-refractivity contribution is 7.18. The molecule has 31 heavy (non-hydrogen) atoms. The van der Waals surface area contributed by atoms with E-state index in [-0.39, 0.29) is 32.3 Å². The van der Waals surface area contributed by atoms with Crippen molar-refractivity contribution in [2.24, 2.45) is 0 Å². The SMILES string of the molecule is CC(F)(P)c1cc(OCC2=C(Cc3ccccc3)CC(F)(F)C2)ccc1CCC(=O)O. The van der Waals surface area contributed by atoms with Gasteiger partial charge in [0.1, 0.15) is 17.8 Å². The molecule has 0 saturated heterocycles. The second-order valence-electron chi connectivity index (χ2n) is 8.16. The number of hydrogen-bond donors (Lipinski definition) is 1. The first-order chi connectivity index (χ1) is 14.5. The Morgan fingerprint density at radius 2 is 1.84 bits per heavy atom. The van der Waals surface area contributed by atoms with Crippen molar-refractivity contribution in [1.82, 2.24) is 0 Å². The van der Waals surface area contributed by atoms with Gasteiger partial charge in [0.15, 0.2) is 0 Å². The highest BCUT2D eigenvalue weighted by Gasteiger charge is 2.39. The number of benzene rings is 2. The van der Waals surface area contributed by atoms with E-state index in [0.29, 0.717) is 34.4 Å². The summed E-state index contributed by atoms with van der Waals surface area (Å²) in [5.74, 6) is -3.38. The van der Waals surface area contributed by atoms with Crippen molar-refractivity contribution < 1.29 is 27.8 Å². The Hall–Kier alpha value is -2.33. The van der Waals surface area contributed by atoms with Crippen LogP contribution in [0, 0.1) is 0 Å². The molecule has 2 atom stereocenters. The van der Waals surface area contributed by atoms with Gasteiger partial charge in [0.05, 0.1) is 0 Å². The predicted molar refractivity (Wildman–Crippen MR) is 117 cm³/mol. The first-order valence-electron chi connectivity index (χ1n) is 10.1. The summed E-state index contributed by atoms with van der Waals surface area (Å²) in [5.41, 5.74) is 3.10. The van der Waals surface area contributed by atoms with E-state index in [2.05, 4.69) is 9.24 Å². The van der Waals surface area contributed by atoms with Crippen LogP contribution in [0.1, 0.15) is 42.9 Å². The van der Waals surface area contributed by atoms with Crippen molar-refractivity contribution in [3.05, 3.63) is 76.4 Å². The van der Waals surface area contributed by atoms with Crippen LogP contribution in [-0.4, -0.2) is 23.6 Å². The molecule has 0 heterocycles. The molecule has 166 valence electrons. The third kappa shape index (κ3) is 6.57. The highest BCUT2D eigenvalue weighted by atomic mass is 31.0. The van der Waals surface area contributed by atoms with Gasteiger partial charge in [-0.25, -0.2) is 13.2 Å². The number of carbonyl (C=O) groups is 1. The van der Waals surface area contributed by atoms with E-state index < -0.39 is 17.3 Å². The maximum Gasteiger partial charge on any atom is 0.303 e. The Labute approximate surface area is 182 Å². The van der Waals surface area contributed by atoms with E-state index in [1.54, 1.807) is 12.1 Å². The lowest BCUT2D eigenvalue weighted by atomic mass is 9.99. The number of allylic oxidation sites excluding steroid dienone is 1. The zero-order valence-corrected chi connectivity index (χ0v) is 18.5. The minimum Gasteiger partial charge on any atom is -0.489 e. The fourth-order valence-corrected chi connectivity index (χ4v) is 4.12. The Kier molecular flexibility index (Phi) is 7.10. The lowest BCUT2D eigenvalue weighted by Gasteiger charge is -2.20. The summed E-state index contributed by atoms with van der Waals surface area (Å²) in [6.45, 7) is 1.37. The van der Waals surface area contributed by atoms with Gasteiger partial charge in [0, 0.05) is 19.3 Å². The molecule has 1 N–H and O–H groups in total. The molecule has 3 rings (SSSR count). The molecule has 2 aromatic rings. The number of alkyl halides is 3. The molecule has 0 aliphatic heterocycles. The zero-order valence-electron chi connectivity index (χ0n) is 17.3. The summed E-state index contributed by atoms with van der Waals surface area (Å²) in [4.78, 5) is 10.9. The Morgan fingerprint density at radius 3 is 2.48 bits per heavy atom. The third-order valence-electron chi connectivity index (χ3n) is 5.33. The second kappa shape index (κ2) is 9.44. The molecule has 0 amide bonds. The van der Waals surface area contributed by atoms with Crippen molar-refractivity contribution in [3.63, 3.8) is 0 Å². The van der Waals surface area contributed by atoms with Gasteiger partial charge < -0.3 is 9.84 Å². The van der Waals surface area contributed by atoms with E-state index in [1.807, 2.05) is 30.3 Å². The topological polar surface area (TPSA) is 46.5 Å². The molecule has 0 saturated carbocycles. The number of rotatable bonds is 9. The molecule has 1 aliphatic rings. The summed E-state index contributed by atoms with van der Waals surface area (Å²) >= 11 is 0. The van der Waals surface area contributed by atoms with E-state index in [0.717, 1.165) is 5.56 Å². The van der Waals surface area contributed by atoms with Crippen LogP contribution in [0.2, 0.25) is 0 Å². The quantitative estimate of drug-likeness (QED) is 0.373. The van der Waals surface area contributed by atoms with Crippen molar-refractivity contribution in [3.8, 4) is 5.75 Å². The Balaban J connectivity index is 1.78. The van der Waals surface area contributed by atoms with Gasteiger partial charge in [-0.05, 0) is 54.2 Å². The van der Waals surface area contributed by atoms with Crippen molar-refractivity contribution in [1.29, 1.82) is 0 Å². The fourth-order valence-electron chi connectivity index (χ4n) is 3.85. The molecular formula is C24H26F3O3P. The number of carboxylic acid groups (broad SMARTS) is 1. The van der Waals surface area contributed by atoms with Gasteiger partial charge in [-0.3, -0.25) is 4.79 Å². The summed E-state index contributed by atoms with van der Waals surface area (Å²) < 4.78 is 48.7. The van der Waals surface area contributed by atoms with Gasteiger partial charge in [-0.1, -0.05) is 51.2 Å². The van der Waals surface area contributed by atoms with E-state index in [1.165, 1.54) is 13.0 Å². The van der Waals surface area contributed by atoms with Crippen LogP contribution in [0.15, 0.2) is 59.7 Å². The van der Waals surface area contributed by atoms with Crippen LogP contribution < -0.4 is 4.74 Å². The molecular weight excluding hydrogens is 424 g/mol. The Morgan fingerprint density at radius 1 is 1.16 bits per heavy atom. The first kappa shape index (κ1) is 23.3. The van der Waals surface area contributed by atoms with Crippen LogP contribution >= 0.6 is 9.24 Å². The number of aliphatic carboxylic acids is 1. The summed E-state index contributed by atoms with van der Waals surface area (Å²) in [6.07, 6.45) is -0.101. The van der Waals surface area contributed by atoms with Crippen molar-refractivity contribution in [2.45, 2.75) is 50.4 Å². The average Bonchev–Trinajstić information content (AvgIpc) is 2.98. The average molecular weight is 450 g/mol. The number of carboxylic acids is 1. The van der Waals surface area contributed by atoms with E-state index in [9.17, 15) is 18.0 Å². The Bertz CT molecular complexity index is 966. The standard InChI is InChI=1S/C24H26F3O3P/c1-23(25,31)21-12-20(9-7-17(21)8-10-22(28)29)30-15-19-14-24(26,27)13-18(19)11-16-5-3-2-4-6-16/h2-7,9,12H,8,10-11,13-15,31H2,1H3,(H,28,29). The van der Waals surface area contributed by atoms with Gasteiger partial charge >= 0.3 is 5.97 Å². The molecule has 3 nitrogen and oxygen atoms in total. The maximum absolute atomic E-state index is 14.7. The highest BCUT2D eigenvalue weighted by Crippen LogP contribution is 2.41. The van der Waals surface area contributed by atoms with Gasteiger partial charge in [-0.15, -0.1) is 0 Å². The van der Waals surface area contributed by atoms with Gasteiger partial charge in [0.25, 0.3) is 5.92 Å². The van der Waals surface area contributed by atoms with Crippen LogP contribution in [0.3, 0.4) is 0 Å². The monoisotopic (exact) mass is 450 g/mol. The first-order valence-corrected chi connectivity index (χ1v) is 10.7. The molecule has 7 heteroatoms. The summed E-state index contributed by atoms with van der Waals surface area (Å²) in [6, 6.07) is 14.2. The summed E-state index contributed by atoms with van der Waals surface area (Å²) in [7, 11) is 2.10. The smallest absolute Gasteiger partial charge is 0.303 e. The second-order valence-corrected chi connectivity index (χ2v) is 9.24. The van der Waals surface area contributed by atoms with Crippen LogP contribution in [0.25, 0.3) is 0 Å². The molecule has 1 aliphatic carbocycles. The van der Waals surface area contributed by atoms with Gasteiger partial charge in [0.2, 0.25) is 0 Å². The predicted octanol–water partition coefficient (Wildman–Crippen LogP) is 6.07. The number of halogens is 3. The third-order valence-corrected chi connectivity index (χ3v) is 5.64. The molecule has 0 spiro atoms. The van der Waals surface area contributed by atoms with Crippen LogP contribution in [0.5, 0.6) is 5.75 Å². The van der Waals surface area contributed by atoms with Crippen LogP contribution in [0.4, 0.5) is 13.2 Å². The largest absolute Gasteiger partial charge is 0.489 e. The number of ether oxygens (including phenoxy) is 1. The van der Waals surface area contributed by atoms with Crippen LogP contribution in [-0.2, 0) is 23.0 Å². The fraction of sp³-hybridized carbons (Fsp3) is 0.375. The van der Waals surface area contributed by atoms with E-state index in [4.69, 9.17) is 9.84 Å². The maximum atomic E-state index is 14.7. The molecule has 0 fully saturated rings. The number of aryl methyl sites for hydroxylation is 1. The molecule has 0 aromatic heterocycles. The zero-order chi connectivity index (χ0) is 22.6. The molecule has 0 radical (unpaired) electrons.